The predicted octanol–water partition coefficient (Wildman–Crippen LogP) is 1.41. The van der Waals surface area contributed by atoms with E-state index < -0.39 is 9.84 Å². The number of nitrogens with one attached hydrogen (secondary N) is 1. The van der Waals surface area contributed by atoms with Crippen LogP contribution in [0.1, 0.15) is 26.7 Å². The molecule has 0 spiro atoms. The standard InChI is InChI=1S/C19H27N3O3S/c1-19(2)12-14-13-22(17(19)11-18(23)20-14)16-5-3-15(4-6-16)21-7-9-26(24,25)10-8-21/h3-6,14,17H,7-13H2,1-2H3,(H,20,23). The number of fused-ring (bicyclic) bond motifs is 4. The second-order valence-corrected chi connectivity index (χ2v) is 10.8. The smallest absolute Gasteiger partial charge is 0.222 e. The van der Waals surface area contributed by atoms with E-state index in [0.717, 1.165) is 24.3 Å². The van der Waals surface area contributed by atoms with E-state index in [-0.39, 0.29) is 34.9 Å². The van der Waals surface area contributed by atoms with Gasteiger partial charge in [-0.05, 0) is 36.1 Å². The lowest BCUT2D eigenvalue weighted by atomic mass is 9.74. The number of anilines is 2. The molecule has 4 fully saturated rings. The first-order valence-corrected chi connectivity index (χ1v) is 11.2. The summed E-state index contributed by atoms with van der Waals surface area (Å²) in [6, 6.07) is 8.78. The molecule has 0 saturated carbocycles. The Kier molecular flexibility index (Phi) is 4.17. The average Bonchev–Trinajstić information content (AvgIpc) is 2.79. The van der Waals surface area contributed by atoms with Gasteiger partial charge in [-0.1, -0.05) is 13.8 Å². The monoisotopic (exact) mass is 377 g/mol. The Morgan fingerprint density at radius 1 is 1.08 bits per heavy atom. The first-order chi connectivity index (χ1) is 12.2. The highest BCUT2D eigenvalue weighted by Gasteiger charge is 2.45. The molecule has 0 aromatic heterocycles. The van der Waals surface area contributed by atoms with Gasteiger partial charge >= 0.3 is 0 Å². The number of carbonyl (C=O) groups excluding carboxylic acids is 1. The lowest BCUT2D eigenvalue weighted by molar-refractivity contribution is -0.121. The van der Waals surface area contributed by atoms with Crippen molar-refractivity contribution in [2.75, 3.05) is 40.9 Å². The van der Waals surface area contributed by atoms with Crippen molar-refractivity contribution in [1.29, 1.82) is 0 Å². The summed E-state index contributed by atoms with van der Waals surface area (Å²) >= 11 is 0. The Hall–Kier alpha value is -1.76. The normalized spacial score (nSPS) is 30.0. The van der Waals surface area contributed by atoms with E-state index in [9.17, 15) is 13.2 Å². The van der Waals surface area contributed by atoms with Gasteiger partial charge in [-0.15, -0.1) is 0 Å². The lowest BCUT2D eigenvalue weighted by Gasteiger charge is -2.48. The van der Waals surface area contributed by atoms with Gasteiger partial charge in [0.05, 0.1) is 11.5 Å². The summed E-state index contributed by atoms with van der Waals surface area (Å²) in [5.74, 6) is 0.610. The molecule has 2 unspecified atom stereocenters. The fraction of sp³-hybridized carbons (Fsp3) is 0.632. The maximum atomic E-state index is 12.1. The molecule has 2 atom stereocenters. The third kappa shape index (κ3) is 3.29. The average molecular weight is 378 g/mol. The number of benzene rings is 1. The molecule has 4 saturated heterocycles. The predicted molar refractivity (Wildman–Crippen MR) is 103 cm³/mol. The van der Waals surface area contributed by atoms with Gasteiger partial charge in [0.1, 0.15) is 0 Å². The first-order valence-electron chi connectivity index (χ1n) is 9.35. The molecule has 1 aromatic rings. The zero-order valence-corrected chi connectivity index (χ0v) is 16.3. The minimum Gasteiger partial charge on any atom is -0.369 e. The van der Waals surface area contributed by atoms with Crippen LogP contribution in [0.15, 0.2) is 24.3 Å². The number of nitrogens with zero attached hydrogens (tertiary/aromatic N) is 2. The number of rotatable bonds is 2. The quantitative estimate of drug-likeness (QED) is 0.844. The van der Waals surface area contributed by atoms with Crippen molar-refractivity contribution in [2.45, 2.75) is 38.8 Å². The number of amides is 1. The van der Waals surface area contributed by atoms with Gasteiger partial charge in [0.25, 0.3) is 0 Å². The van der Waals surface area contributed by atoms with Crippen LogP contribution in [-0.2, 0) is 14.6 Å². The molecule has 6 nitrogen and oxygen atoms in total. The Labute approximate surface area is 155 Å². The molecule has 142 valence electrons. The zero-order valence-electron chi connectivity index (χ0n) is 15.4. The molecule has 4 aliphatic heterocycles. The number of hydrogen-bond donors (Lipinski definition) is 1. The van der Waals surface area contributed by atoms with Crippen LogP contribution >= 0.6 is 0 Å². The van der Waals surface area contributed by atoms with Crippen LogP contribution in [0.25, 0.3) is 0 Å². The minimum atomic E-state index is -2.87. The molecular formula is C19H27N3O3S. The number of piperidine rings is 1. The number of carbonyl (C=O) groups is 1. The summed E-state index contributed by atoms with van der Waals surface area (Å²) in [4.78, 5) is 16.6. The van der Waals surface area contributed by atoms with Crippen molar-refractivity contribution in [3.63, 3.8) is 0 Å². The van der Waals surface area contributed by atoms with Gasteiger partial charge in [0.15, 0.2) is 9.84 Å². The van der Waals surface area contributed by atoms with E-state index in [1.54, 1.807) is 0 Å². The maximum Gasteiger partial charge on any atom is 0.222 e. The van der Waals surface area contributed by atoms with Gasteiger partial charge < -0.3 is 15.1 Å². The van der Waals surface area contributed by atoms with Crippen molar-refractivity contribution in [2.24, 2.45) is 5.41 Å². The van der Waals surface area contributed by atoms with E-state index >= 15 is 0 Å². The number of hydrogen-bond acceptors (Lipinski definition) is 5. The highest BCUT2D eigenvalue weighted by molar-refractivity contribution is 7.91. The highest BCUT2D eigenvalue weighted by atomic mass is 32.2. The van der Waals surface area contributed by atoms with Crippen LogP contribution in [0.2, 0.25) is 0 Å². The lowest BCUT2D eigenvalue weighted by Crippen LogP contribution is -2.54. The van der Waals surface area contributed by atoms with E-state index in [0.29, 0.717) is 19.5 Å². The van der Waals surface area contributed by atoms with E-state index in [1.165, 1.54) is 0 Å². The molecular weight excluding hydrogens is 350 g/mol. The molecule has 5 rings (SSSR count). The molecule has 4 aliphatic rings. The van der Waals surface area contributed by atoms with Crippen molar-refractivity contribution in [1.82, 2.24) is 5.32 Å². The Bertz CT molecular complexity index is 790. The summed E-state index contributed by atoms with van der Waals surface area (Å²) in [6.07, 6.45) is 1.55. The van der Waals surface area contributed by atoms with Crippen LogP contribution < -0.4 is 15.1 Å². The molecule has 1 aromatic carbocycles. The zero-order chi connectivity index (χ0) is 18.5. The van der Waals surface area contributed by atoms with Crippen molar-refractivity contribution >= 4 is 27.1 Å². The SMILES string of the molecule is CC1(C)CC2CN(c3ccc(N4CCS(=O)(=O)CC4)cc3)C1CC(=O)N2. The van der Waals surface area contributed by atoms with Crippen molar-refractivity contribution < 1.29 is 13.2 Å². The van der Waals surface area contributed by atoms with Gasteiger partial charge in [0.2, 0.25) is 5.91 Å². The molecule has 7 heteroatoms. The van der Waals surface area contributed by atoms with Crippen LogP contribution in [0, 0.1) is 5.41 Å². The second-order valence-electron chi connectivity index (χ2n) is 8.48. The van der Waals surface area contributed by atoms with E-state index in [1.807, 2.05) is 0 Å². The van der Waals surface area contributed by atoms with Gasteiger partial charge in [0, 0.05) is 49.5 Å². The Balaban J connectivity index is 1.54. The fourth-order valence-corrected chi connectivity index (χ4v) is 5.88. The van der Waals surface area contributed by atoms with Crippen LogP contribution in [0.3, 0.4) is 0 Å². The molecule has 1 amide bonds. The third-order valence-electron chi connectivity index (χ3n) is 6.10. The molecule has 0 radical (unpaired) electrons. The van der Waals surface area contributed by atoms with Gasteiger partial charge in [-0.3, -0.25) is 4.79 Å². The second kappa shape index (κ2) is 6.15. The van der Waals surface area contributed by atoms with E-state index in [4.69, 9.17) is 0 Å². The van der Waals surface area contributed by atoms with Gasteiger partial charge in [-0.2, -0.15) is 0 Å². The molecule has 0 aliphatic carbocycles. The third-order valence-corrected chi connectivity index (χ3v) is 7.71. The summed E-state index contributed by atoms with van der Waals surface area (Å²) in [7, 11) is -2.87. The molecule has 26 heavy (non-hydrogen) atoms. The van der Waals surface area contributed by atoms with Crippen LogP contribution in [0.4, 0.5) is 11.4 Å². The topological polar surface area (TPSA) is 69.7 Å². The fourth-order valence-electron chi connectivity index (χ4n) is 4.68. The number of sulfone groups is 1. The first kappa shape index (κ1) is 17.6. The van der Waals surface area contributed by atoms with Crippen LogP contribution in [0.5, 0.6) is 0 Å². The summed E-state index contributed by atoms with van der Waals surface area (Å²) in [6.45, 7) is 6.46. The van der Waals surface area contributed by atoms with E-state index in [2.05, 4.69) is 53.2 Å². The van der Waals surface area contributed by atoms with Crippen molar-refractivity contribution in [3.05, 3.63) is 24.3 Å². The molecule has 2 bridgehead atoms. The summed E-state index contributed by atoms with van der Waals surface area (Å²) in [5, 5.41) is 3.15. The Morgan fingerprint density at radius 3 is 2.35 bits per heavy atom. The van der Waals surface area contributed by atoms with Crippen molar-refractivity contribution in [3.8, 4) is 0 Å². The summed E-state index contributed by atoms with van der Waals surface area (Å²) in [5.41, 5.74) is 2.29. The minimum absolute atomic E-state index is 0.0853. The van der Waals surface area contributed by atoms with Gasteiger partial charge in [-0.25, -0.2) is 8.42 Å². The maximum absolute atomic E-state index is 12.1. The Morgan fingerprint density at radius 2 is 1.69 bits per heavy atom. The molecule has 1 N–H and O–H groups in total. The highest BCUT2D eigenvalue weighted by Crippen LogP contribution is 2.41. The summed E-state index contributed by atoms with van der Waals surface area (Å²) < 4.78 is 23.2. The largest absolute Gasteiger partial charge is 0.369 e. The molecule has 4 heterocycles. The van der Waals surface area contributed by atoms with Crippen LogP contribution in [-0.4, -0.2) is 57.5 Å².